The predicted octanol–water partition coefficient (Wildman–Crippen LogP) is -0.915. The highest BCUT2D eigenvalue weighted by Gasteiger charge is 2.16. The molecule has 2 rings (SSSR count). The number of aliphatic carboxylic acids is 1. The molecule has 0 aliphatic carbocycles. The molecule has 0 radical (unpaired) electrons. The van der Waals surface area contributed by atoms with Gasteiger partial charge in [0.25, 0.3) is 0 Å². The zero-order valence-corrected chi connectivity index (χ0v) is 10.1. The number of hydrogen-bond donors (Lipinski definition) is 2. The number of amides is 1. The van der Waals surface area contributed by atoms with Crippen LogP contribution in [0, 0.1) is 0 Å². The van der Waals surface area contributed by atoms with E-state index in [1.54, 1.807) is 24.4 Å². The Kier molecular flexibility index (Phi) is 3.32. The molecule has 0 saturated heterocycles. The van der Waals surface area contributed by atoms with Gasteiger partial charge in [-0.15, -0.1) is 5.10 Å². The lowest BCUT2D eigenvalue weighted by Gasteiger charge is -2.08. The molecule has 1 amide bonds. The third-order valence-corrected chi connectivity index (χ3v) is 2.53. The van der Waals surface area contributed by atoms with Crippen LogP contribution in [0.4, 0.5) is 0 Å². The van der Waals surface area contributed by atoms with Gasteiger partial charge in [-0.25, -0.2) is 9.48 Å². The second-order valence-corrected chi connectivity index (χ2v) is 4.00. The summed E-state index contributed by atoms with van der Waals surface area (Å²) in [5, 5.41) is 14.9. The number of carbonyl (C=O) groups is 2. The minimum Gasteiger partial charge on any atom is -0.480 e. The second-order valence-electron chi connectivity index (χ2n) is 4.00. The van der Waals surface area contributed by atoms with E-state index in [1.807, 2.05) is 0 Å². The smallest absolute Gasteiger partial charge is 0.350 e. The lowest BCUT2D eigenvalue weighted by atomic mass is 10.3. The van der Waals surface area contributed by atoms with Crippen molar-refractivity contribution in [1.29, 1.82) is 0 Å². The maximum Gasteiger partial charge on any atom is 0.350 e. The largest absolute Gasteiger partial charge is 0.480 e. The number of hydrogen-bond acceptors (Lipinski definition) is 4. The number of carbonyl (C=O) groups excluding carboxylic acids is 1. The summed E-state index contributed by atoms with van der Waals surface area (Å²) >= 11 is 0. The molecule has 19 heavy (non-hydrogen) atoms. The van der Waals surface area contributed by atoms with Crippen molar-refractivity contribution < 1.29 is 14.7 Å². The van der Waals surface area contributed by atoms with Gasteiger partial charge in [-0.3, -0.25) is 14.0 Å². The van der Waals surface area contributed by atoms with Crippen LogP contribution in [-0.4, -0.2) is 37.2 Å². The normalized spacial score (nSPS) is 12.3. The zero-order valence-electron chi connectivity index (χ0n) is 10.1. The first kappa shape index (κ1) is 12.8. The van der Waals surface area contributed by atoms with Crippen molar-refractivity contribution in [2.75, 3.05) is 0 Å². The molecule has 8 heteroatoms. The monoisotopic (exact) mass is 264 g/mol. The molecule has 100 valence electrons. The van der Waals surface area contributed by atoms with Gasteiger partial charge in [-0.1, -0.05) is 6.07 Å². The van der Waals surface area contributed by atoms with Gasteiger partial charge < -0.3 is 10.4 Å². The van der Waals surface area contributed by atoms with Crippen LogP contribution in [0.5, 0.6) is 0 Å². The van der Waals surface area contributed by atoms with E-state index in [1.165, 1.54) is 11.3 Å². The Morgan fingerprint density at radius 1 is 1.47 bits per heavy atom. The summed E-state index contributed by atoms with van der Waals surface area (Å²) in [4.78, 5) is 34.0. The summed E-state index contributed by atoms with van der Waals surface area (Å²) in [6.45, 7) is 1.02. The van der Waals surface area contributed by atoms with Gasteiger partial charge in [0.05, 0.1) is 0 Å². The Hall–Kier alpha value is -2.64. The number of pyridine rings is 1. The maximum absolute atomic E-state index is 11.9. The molecule has 2 aromatic heterocycles. The summed E-state index contributed by atoms with van der Waals surface area (Å²) in [7, 11) is 0. The summed E-state index contributed by atoms with van der Waals surface area (Å²) < 4.78 is 2.28. The van der Waals surface area contributed by atoms with Crippen LogP contribution in [0.2, 0.25) is 0 Å². The Morgan fingerprint density at radius 2 is 2.21 bits per heavy atom. The van der Waals surface area contributed by atoms with Gasteiger partial charge in [0.2, 0.25) is 5.91 Å². The van der Waals surface area contributed by atoms with Crippen molar-refractivity contribution in [3.8, 4) is 0 Å². The van der Waals surface area contributed by atoms with Crippen LogP contribution in [0.25, 0.3) is 5.65 Å². The number of nitrogens with zero attached hydrogens (tertiary/aromatic N) is 3. The van der Waals surface area contributed by atoms with Crippen molar-refractivity contribution in [3.63, 3.8) is 0 Å². The molecule has 0 aromatic carbocycles. The van der Waals surface area contributed by atoms with Crippen molar-refractivity contribution >= 4 is 17.5 Å². The molecule has 1 atom stereocenters. The summed E-state index contributed by atoms with van der Waals surface area (Å²) in [6, 6.07) is 4.02. The number of carboxylic acid groups (broad SMARTS) is 1. The maximum atomic E-state index is 11.9. The van der Waals surface area contributed by atoms with E-state index in [0.717, 1.165) is 4.68 Å². The van der Waals surface area contributed by atoms with Crippen LogP contribution >= 0.6 is 0 Å². The highest BCUT2D eigenvalue weighted by Crippen LogP contribution is 1.95. The lowest BCUT2D eigenvalue weighted by molar-refractivity contribution is -0.141. The average molecular weight is 264 g/mol. The molecule has 0 spiro atoms. The molecule has 0 fully saturated rings. The first-order chi connectivity index (χ1) is 8.99. The fourth-order valence-electron chi connectivity index (χ4n) is 1.56. The van der Waals surface area contributed by atoms with Gasteiger partial charge in [0.1, 0.15) is 12.6 Å². The van der Waals surface area contributed by atoms with E-state index in [4.69, 9.17) is 5.11 Å². The number of carboxylic acids is 1. The molecule has 0 aliphatic rings. The average Bonchev–Trinajstić information content (AvgIpc) is 2.66. The van der Waals surface area contributed by atoms with Crippen LogP contribution < -0.4 is 11.0 Å². The zero-order chi connectivity index (χ0) is 14.0. The van der Waals surface area contributed by atoms with E-state index in [2.05, 4.69) is 10.4 Å². The van der Waals surface area contributed by atoms with Gasteiger partial charge in [-0.05, 0) is 19.1 Å². The van der Waals surface area contributed by atoms with Gasteiger partial charge in [0, 0.05) is 6.20 Å². The lowest BCUT2D eigenvalue weighted by Crippen LogP contribution is -2.41. The quantitative estimate of drug-likeness (QED) is 0.743. The second kappa shape index (κ2) is 4.92. The summed E-state index contributed by atoms with van der Waals surface area (Å²) in [5.74, 6) is -1.73. The highest BCUT2D eigenvalue weighted by molar-refractivity contribution is 5.82. The molecule has 0 unspecified atom stereocenters. The number of aromatic nitrogens is 3. The number of fused-ring (bicyclic) bond motifs is 1. The Bertz CT molecular complexity index is 687. The van der Waals surface area contributed by atoms with Gasteiger partial charge in [-0.2, -0.15) is 0 Å². The van der Waals surface area contributed by atoms with E-state index < -0.39 is 23.6 Å². The SMILES string of the molecule is C[C@H](NC(=O)Cn1nc2ccccn2c1=O)C(=O)O. The number of rotatable bonds is 4. The topological polar surface area (TPSA) is 106 Å². The van der Waals surface area contributed by atoms with Crippen molar-refractivity contribution in [2.24, 2.45) is 0 Å². The Morgan fingerprint density at radius 3 is 2.84 bits per heavy atom. The first-order valence-electron chi connectivity index (χ1n) is 5.55. The third-order valence-electron chi connectivity index (χ3n) is 2.53. The predicted molar refractivity (Wildman–Crippen MR) is 64.7 cm³/mol. The highest BCUT2D eigenvalue weighted by atomic mass is 16.4. The molecular weight excluding hydrogens is 252 g/mol. The Balaban J connectivity index is 2.18. The molecule has 0 saturated carbocycles. The molecule has 0 aliphatic heterocycles. The third kappa shape index (κ3) is 2.62. The molecule has 2 aromatic rings. The first-order valence-corrected chi connectivity index (χ1v) is 5.55. The fourth-order valence-corrected chi connectivity index (χ4v) is 1.56. The van der Waals surface area contributed by atoms with E-state index in [-0.39, 0.29) is 6.54 Å². The van der Waals surface area contributed by atoms with Crippen molar-refractivity contribution in [2.45, 2.75) is 19.5 Å². The standard InChI is InChI=1S/C11H12N4O4/c1-7(10(17)18)12-9(16)6-15-11(19)14-5-3-2-4-8(14)13-15/h2-5,7H,6H2,1H3,(H,12,16)(H,17,18)/t7-/m0/s1. The van der Waals surface area contributed by atoms with Gasteiger partial charge in [0.15, 0.2) is 5.65 Å². The minimum absolute atomic E-state index is 0.321. The van der Waals surface area contributed by atoms with Crippen molar-refractivity contribution in [3.05, 3.63) is 34.9 Å². The Labute approximate surface area is 107 Å². The summed E-state index contributed by atoms with van der Waals surface area (Å²) in [6.07, 6.45) is 1.54. The van der Waals surface area contributed by atoms with E-state index in [0.29, 0.717) is 5.65 Å². The molecule has 0 bridgehead atoms. The van der Waals surface area contributed by atoms with E-state index >= 15 is 0 Å². The fraction of sp³-hybridized carbons (Fsp3) is 0.273. The van der Waals surface area contributed by atoms with Gasteiger partial charge >= 0.3 is 11.7 Å². The minimum atomic E-state index is -1.14. The number of nitrogens with one attached hydrogen (secondary N) is 1. The van der Waals surface area contributed by atoms with Crippen LogP contribution in [0.15, 0.2) is 29.2 Å². The van der Waals surface area contributed by atoms with Crippen LogP contribution in [0.3, 0.4) is 0 Å². The van der Waals surface area contributed by atoms with E-state index in [9.17, 15) is 14.4 Å². The van der Waals surface area contributed by atoms with Crippen molar-refractivity contribution in [1.82, 2.24) is 19.5 Å². The molecule has 2 N–H and O–H groups in total. The molecule has 2 heterocycles. The van der Waals surface area contributed by atoms with Crippen LogP contribution in [0.1, 0.15) is 6.92 Å². The molecule has 8 nitrogen and oxygen atoms in total. The summed E-state index contributed by atoms with van der Waals surface area (Å²) in [5.41, 5.74) is -0.0275. The van der Waals surface area contributed by atoms with Crippen LogP contribution in [-0.2, 0) is 16.1 Å². The molecular formula is C11H12N4O4.